The first kappa shape index (κ1) is 31.9. The van der Waals surface area contributed by atoms with Crippen molar-refractivity contribution in [2.24, 2.45) is 35.5 Å². The van der Waals surface area contributed by atoms with Gasteiger partial charge in [-0.15, -0.1) is 0 Å². The van der Waals surface area contributed by atoms with Crippen LogP contribution >= 0.6 is 0 Å². The van der Waals surface area contributed by atoms with E-state index < -0.39 is 6.17 Å². The van der Waals surface area contributed by atoms with Crippen molar-refractivity contribution >= 4 is 0 Å². The van der Waals surface area contributed by atoms with Crippen LogP contribution in [0.25, 0.3) is 0 Å². The van der Waals surface area contributed by atoms with Crippen LogP contribution in [0.2, 0.25) is 0 Å². The second-order valence-electron chi connectivity index (χ2n) is 9.58. The SMILES string of the molecule is CC.CC.CCC(C)CC(CCC(CC)CCCC1C(C)CC=C(C)C1C)C(C)F. The van der Waals surface area contributed by atoms with Crippen molar-refractivity contribution in [3.63, 3.8) is 0 Å². The zero-order valence-electron chi connectivity index (χ0n) is 22.9. The molecule has 0 heterocycles. The van der Waals surface area contributed by atoms with Gasteiger partial charge in [0.05, 0.1) is 0 Å². The molecule has 1 aliphatic rings. The van der Waals surface area contributed by atoms with Gasteiger partial charge in [-0.1, -0.05) is 106 Å². The Labute approximate surface area is 191 Å². The second kappa shape index (κ2) is 19.4. The molecule has 0 N–H and O–H groups in total. The number of allylic oxidation sites excluding steroid dienone is 2. The summed E-state index contributed by atoms with van der Waals surface area (Å²) in [6.45, 7) is 23.8. The number of hydrogen-bond acceptors (Lipinski definition) is 0. The standard InChI is InChI=1S/C25H47F.2C2H6/c1-8-18(3)17-24(22(7)26)16-15-23(9-2)11-10-12-25-20(5)14-13-19(4)21(25)6;2*1-2/h13,18,20-25H,8-12,14-17H2,1-7H3;2*1-2H3. The summed E-state index contributed by atoms with van der Waals surface area (Å²) in [7, 11) is 0. The summed E-state index contributed by atoms with van der Waals surface area (Å²) in [5.41, 5.74) is 1.60. The molecule has 7 atom stereocenters. The average molecular weight is 427 g/mol. The van der Waals surface area contributed by atoms with E-state index in [0.29, 0.717) is 5.92 Å². The smallest absolute Gasteiger partial charge is 0.100 e. The highest BCUT2D eigenvalue weighted by Gasteiger charge is 2.27. The number of halogens is 1. The van der Waals surface area contributed by atoms with E-state index in [4.69, 9.17) is 0 Å². The molecule has 0 saturated carbocycles. The quantitative estimate of drug-likeness (QED) is 0.272. The van der Waals surface area contributed by atoms with Crippen molar-refractivity contribution in [2.75, 3.05) is 0 Å². The number of hydrogen-bond donors (Lipinski definition) is 0. The van der Waals surface area contributed by atoms with Crippen LogP contribution in [-0.2, 0) is 0 Å². The minimum atomic E-state index is -0.653. The fourth-order valence-electron chi connectivity index (χ4n) is 4.96. The molecular formula is C29H59F. The molecule has 182 valence electrons. The maximum atomic E-state index is 14.0. The van der Waals surface area contributed by atoms with Gasteiger partial charge in [-0.2, -0.15) is 0 Å². The van der Waals surface area contributed by atoms with Gasteiger partial charge in [-0.3, -0.25) is 0 Å². The zero-order valence-corrected chi connectivity index (χ0v) is 22.9. The van der Waals surface area contributed by atoms with Gasteiger partial charge in [-0.25, -0.2) is 4.39 Å². The van der Waals surface area contributed by atoms with Crippen LogP contribution in [0.5, 0.6) is 0 Å². The van der Waals surface area contributed by atoms with Crippen LogP contribution < -0.4 is 0 Å². The second-order valence-corrected chi connectivity index (χ2v) is 9.58. The molecule has 0 bridgehead atoms. The molecule has 0 radical (unpaired) electrons. The molecule has 1 aliphatic carbocycles. The van der Waals surface area contributed by atoms with Gasteiger partial charge in [0.15, 0.2) is 0 Å². The molecule has 30 heavy (non-hydrogen) atoms. The van der Waals surface area contributed by atoms with Crippen molar-refractivity contribution in [2.45, 2.75) is 140 Å². The molecule has 7 unspecified atom stereocenters. The van der Waals surface area contributed by atoms with Gasteiger partial charge in [0.1, 0.15) is 6.17 Å². The molecule has 1 rings (SSSR count). The summed E-state index contributed by atoms with van der Waals surface area (Å²) >= 11 is 0. The van der Waals surface area contributed by atoms with Gasteiger partial charge < -0.3 is 0 Å². The van der Waals surface area contributed by atoms with Gasteiger partial charge in [-0.05, 0) is 75.0 Å². The maximum absolute atomic E-state index is 14.0. The highest BCUT2D eigenvalue weighted by Crippen LogP contribution is 2.38. The van der Waals surface area contributed by atoms with Crippen LogP contribution in [0.3, 0.4) is 0 Å². The Kier molecular flexibility index (Phi) is 20.6. The largest absolute Gasteiger partial charge is 0.247 e. The molecule has 0 aliphatic heterocycles. The van der Waals surface area contributed by atoms with E-state index in [1.165, 1.54) is 44.9 Å². The highest BCUT2D eigenvalue weighted by atomic mass is 19.1. The van der Waals surface area contributed by atoms with Crippen molar-refractivity contribution < 1.29 is 4.39 Å². The first-order chi connectivity index (χ1) is 14.3. The van der Waals surface area contributed by atoms with Crippen LogP contribution in [0.1, 0.15) is 134 Å². The molecule has 0 aromatic carbocycles. The summed E-state index contributed by atoms with van der Waals surface area (Å²) in [5, 5.41) is 0. The third kappa shape index (κ3) is 12.5. The van der Waals surface area contributed by atoms with Gasteiger partial charge in [0.25, 0.3) is 0 Å². The average Bonchev–Trinajstić information content (AvgIpc) is 2.76. The van der Waals surface area contributed by atoms with Gasteiger partial charge in [0.2, 0.25) is 0 Å². The lowest BCUT2D eigenvalue weighted by Gasteiger charge is -2.34. The molecule has 0 fully saturated rings. The molecule has 1 heteroatoms. The molecule has 0 nitrogen and oxygen atoms in total. The van der Waals surface area contributed by atoms with Gasteiger partial charge >= 0.3 is 0 Å². The Bertz CT molecular complexity index is 397. The molecule has 0 amide bonds. The Morgan fingerprint density at radius 3 is 2.07 bits per heavy atom. The van der Waals surface area contributed by atoms with Gasteiger partial charge in [0, 0.05) is 0 Å². The van der Waals surface area contributed by atoms with E-state index in [9.17, 15) is 4.39 Å². The van der Waals surface area contributed by atoms with E-state index in [0.717, 1.165) is 36.5 Å². The minimum absolute atomic E-state index is 0.269. The molecule has 0 saturated heterocycles. The fourth-order valence-corrected chi connectivity index (χ4v) is 4.96. The first-order valence-electron chi connectivity index (χ1n) is 13.6. The maximum Gasteiger partial charge on any atom is 0.100 e. The topological polar surface area (TPSA) is 0 Å². The summed E-state index contributed by atoms with van der Waals surface area (Å²) in [5.74, 6) is 4.17. The number of alkyl halides is 1. The lowest BCUT2D eigenvalue weighted by atomic mass is 9.71. The Balaban J connectivity index is 0. The Morgan fingerprint density at radius 1 is 0.967 bits per heavy atom. The van der Waals surface area contributed by atoms with Crippen molar-refractivity contribution in [3.05, 3.63) is 11.6 Å². The lowest BCUT2D eigenvalue weighted by Crippen LogP contribution is -2.24. The normalized spacial score (nSPS) is 24.9. The van der Waals surface area contributed by atoms with Crippen molar-refractivity contribution in [3.8, 4) is 0 Å². The first-order valence-corrected chi connectivity index (χ1v) is 13.6. The van der Waals surface area contributed by atoms with Crippen molar-refractivity contribution in [1.29, 1.82) is 0 Å². The number of rotatable bonds is 12. The summed E-state index contributed by atoms with van der Waals surface area (Å²) < 4.78 is 14.0. The highest BCUT2D eigenvalue weighted by molar-refractivity contribution is 5.09. The van der Waals surface area contributed by atoms with E-state index in [2.05, 4.69) is 47.6 Å². The summed E-state index contributed by atoms with van der Waals surface area (Å²) in [6.07, 6.45) is 12.9. The van der Waals surface area contributed by atoms with E-state index in [1.54, 1.807) is 12.5 Å². The lowest BCUT2D eigenvalue weighted by molar-refractivity contribution is 0.187. The Morgan fingerprint density at radius 2 is 1.57 bits per heavy atom. The van der Waals surface area contributed by atoms with E-state index >= 15 is 0 Å². The summed E-state index contributed by atoms with van der Waals surface area (Å²) in [4.78, 5) is 0. The molecule has 0 aromatic heterocycles. The molecule has 0 aromatic rings. The predicted molar refractivity (Wildman–Crippen MR) is 138 cm³/mol. The third-order valence-corrected chi connectivity index (χ3v) is 7.63. The van der Waals surface area contributed by atoms with Crippen LogP contribution in [-0.4, -0.2) is 6.17 Å². The van der Waals surface area contributed by atoms with Crippen LogP contribution in [0, 0.1) is 35.5 Å². The van der Waals surface area contributed by atoms with Crippen LogP contribution in [0.4, 0.5) is 4.39 Å². The van der Waals surface area contributed by atoms with Crippen molar-refractivity contribution in [1.82, 2.24) is 0 Å². The third-order valence-electron chi connectivity index (χ3n) is 7.63. The van der Waals surface area contributed by atoms with E-state index in [-0.39, 0.29) is 5.92 Å². The fraction of sp³-hybridized carbons (Fsp3) is 0.931. The monoisotopic (exact) mass is 426 g/mol. The Hall–Kier alpha value is -0.330. The zero-order chi connectivity index (χ0) is 23.7. The van der Waals surface area contributed by atoms with E-state index in [1.807, 2.05) is 27.7 Å². The molecular weight excluding hydrogens is 367 g/mol. The minimum Gasteiger partial charge on any atom is -0.247 e. The predicted octanol–water partition coefficient (Wildman–Crippen LogP) is 10.7. The molecule has 0 spiro atoms. The van der Waals surface area contributed by atoms with Crippen LogP contribution in [0.15, 0.2) is 11.6 Å². The summed E-state index contributed by atoms with van der Waals surface area (Å²) in [6, 6.07) is 0.